The van der Waals surface area contributed by atoms with Crippen molar-refractivity contribution in [1.82, 2.24) is 4.98 Å². The Morgan fingerprint density at radius 3 is 2.74 bits per heavy atom. The van der Waals surface area contributed by atoms with E-state index in [1.165, 1.54) is 0 Å². The van der Waals surface area contributed by atoms with Gasteiger partial charge in [-0.25, -0.2) is 4.79 Å². The third kappa shape index (κ3) is 2.44. The van der Waals surface area contributed by atoms with Gasteiger partial charge in [0.05, 0.1) is 5.52 Å². The first-order valence-electron chi connectivity index (χ1n) is 5.92. The highest BCUT2D eigenvalue weighted by Gasteiger charge is 2.02. The number of rotatable bonds is 3. The van der Waals surface area contributed by atoms with Gasteiger partial charge in [-0.2, -0.15) is 0 Å². The lowest BCUT2D eigenvalue weighted by Crippen LogP contribution is -1.99. The number of oxazole rings is 1. The molecule has 0 atom stereocenters. The molecule has 3 aromatic rings. The van der Waals surface area contributed by atoms with E-state index in [0.29, 0.717) is 17.6 Å². The molecule has 96 valence electrons. The lowest BCUT2D eigenvalue weighted by molar-refractivity contribution is 0.555. The average molecular weight is 255 g/mol. The molecule has 0 radical (unpaired) electrons. The number of anilines is 2. The monoisotopic (exact) mass is 255 g/mol. The number of hydrogen-bond acceptors (Lipinski definition) is 4. The summed E-state index contributed by atoms with van der Waals surface area (Å²) < 4.78 is 5.01. The molecular formula is C14H13N3O2. The van der Waals surface area contributed by atoms with Crippen molar-refractivity contribution in [1.29, 1.82) is 0 Å². The zero-order valence-corrected chi connectivity index (χ0v) is 10.1. The van der Waals surface area contributed by atoms with Crippen LogP contribution in [0.15, 0.2) is 51.7 Å². The second-order valence-electron chi connectivity index (χ2n) is 4.32. The van der Waals surface area contributed by atoms with Gasteiger partial charge in [-0.15, -0.1) is 0 Å². The van der Waals surface area contributed by atoms with E-state index in [9.17, 15) is 4.79 Å². The lowest BCUT2D eigenvalue weighted by atomic mass is 10.2. The normalized spacial score (nSPS) is 10.7. The first-order chi connectivity index (χ1) is 9.20. The fourth-order valence-electron chi connectivity index (χ4n) is 1.89. The molecule has 0 aliphatic carbocycles. The third-order valence-electron chi connectivity index (χ3n) is 2.90. The molecule has 2 aromatic carbocycles. The molecule has 5 heteroatoms. The molecule has 19 heavy (non-hydrogen) atoms. The van der Waals surface area contributed by atoms with E-state index < -0.39 is 5.76 Å². The van der Waals surface area contributed by atoms with Gasteiger partial charge < -0.3 is 15.5 Å². The Kier molecular flexibility index (Phi) is 2.72. The number of benzene rings is 2. The second kappa shape index (κ2) is 4.53. The summed E-state index contributed by atoms with van der Waals surface area (Å²) in [6.45, 7) is 0.681. The molecule has 0 aliphatic heterocycles. The molecule has 0 bridgehead atoms. The Bertz CT molecular complexity index is 756. The third-order valence-corrected chi connectivity index (χ3v) is 2.90. The summed E-state index contributed by atoms with van der Waals surface area (Å²) in [5, 5.41) is 3.27. The standard InChI is InChI=1S/C14H13N3O2/c15-10-3-1-9(2-4-10)8-16-11-5-6-12-13(7-11)19-14(18)17-12/h1-7,16H,8,15H2,(H,17,18). The van der Waals surface area contributed by atoms with Crippen LogP contribution in [0.2, 0.25) is 0 Å². The van der Waals surface area contributed by atoms with Crippen molar-refractivity contribution in [2.75, 3.05) is 11.1 Å². The van der Waals surface area contributed by atoms with Crippen LogP contribution in [0.4, 0.5) is 11.4 Å². The molecule has 0 aliphatic rings. The van der Waals surface area contributed by atoms with Gasteiger partial charge in [0.25, 0.3) is 0 Å². The predicted molar refractivity (Wildman–Crippen MR) is 75.0 cm³/mol. The summed E-state index contributed by atoms with van der Waals surface area (Å²) in [5.74, 6) is -0.439. The molecular weight excluding hydrogens is 242 g/mol. The minimum absolute atomic E-state index is 0.439. The summed E-state index contributed by atoms with van der Waals surface area (Å²) in [4.78, 5) is 13.7. The zero-order valence-electron chi connectivity index (χ0n) is 10.1. The van der Waals surface area contributed by atoms with Crippen molar-refractivity contribution >= 4 is 22.5 Å². The van der Waals surface area contributed by atoms with Crippen LogP contribution in [0.3, 0.4) is 0 Å². The van der Waals surface area contributed by atoms with Crippen molar-refractivity contribution in [3.63, 3.8) is 0 Å². The molecule has 5 nitrogen and oxygen atoms in total. The quantitative estimate of drug-likeness (QED) is 0.627. The molecule has 1 heterocycles. The van der Waals surface area contributed by atoms with E-state index in [4.69, 9.17) is 10.2 Å². The number of nitrogen functional groups attached to an aromatic ring is 1. The highest BCUT2D eigenvalue weighted by molar-refractivity contribution is 5.76. The van der Waals surface area contributed by atoms with Gasteiger partial charge in [-0.05, 0) is 29.8 Å². The molecule has 4 N–H and O–H groups in total. The maximum atomic E-state index is 11.1. The van der Waals surface area contributed by atoms with Crippen LogP contribution >= 0.6 is 0 Å². The van der Waals surface area contributed by atoms with Crippen LogP contribution in [-0.2, 0) is 6.54 Å². The Hall–Kier alpha value is -2.69. The predicted octanol–water partition coefficient (Wildman–Crippen LogP) is 2.32. The van der Waals surface area contributed by atoms with Crippen molar-refractivity contribution < 1.29 is 4.42 Å². The molecule has 0 saturated carbocycles. The first-order valence-corrected chi connectivity index (χ1v) is 5.92. The van der Waals surface area contributed by atoms with Gasteiger partial charge in [0, 0.05) is 24.0 Å². The van der Waals surface area contributed by atoms with Crippen LogP contribution in [0.5, 0.6) is 0 Å². The average Bonchev–Trinajstić information content (AvgIpc) is 2.77. The second-order valence-corrected chi connectivity index (χ2v) is 4.32. The lowest BCUT2D eigenvalue weighted by Gasteiger charge is -2.06. The molecule has 0 unspecified atom stereocenters. The number of fused-ring (bicyclic) bond motifs is 1. The Labute approximate surface area is 109 Å². The van der Waals surface area contributed by atoms with E-state index >= 15 is 0 Å². The van der Waals surface area contributed by atoms with E-state index in [2.05, 4.69) is 10.3 Å². The van der Waals surface area contributed by atoms with Gasteiger partial charge in [-0.3, -0.25) is 4.98 Å². The number of hydrogen-bond donors (Lipinski definition) is 3. The van der Waals surface area contributed by atoms with Crippen molar-refractivity contribution in [2.45, 2.75) is 6.54 Å². The van der Waals surface area contributed by atoms with E-state index in [1.54, 1.807) is 6.07 Å². The molecule has 1 aromatic heterocycles. The highest BCUT2D eigenvalue weighted by Crippen LogP contribution is 2.17. The topological polar surface area (TPSA) is 84.0 Å². The van der Waals surface area contributed by atoms with Crippen LogP contribution in [0.1, 0.15) is 5.56 Å². The Balaban J connectivity index is 1.77. The zero-order chi connectivity index (χ0) is 13.2. The molecule has 0 spiro atoms. The van der Waals surface area contributed by atoms with Crippen molar-refractivity contribution in [3.8, 4) is 0 Å². The molecule has 0 amide bonds. The number of aromatic amines is 1. The van der Waals surface area contributed by atoms with E-state index in [-0.39, 0.29) is 0 Å². The molecule has 0 fully saturated rings. The fraction of sp³-hybridized carbons (Fsp3) is 0.0714. The summed E-state index contributed by atoms with van der Waals surface area (Å²) in [6, 6.07) is 13.2. The van der Waals surface area contributed by atoms with Crippen LogP contribution in [0, 0.1) is 0 Å². The van der Waals surface area contributed by atoms with E-state index in [1.807, 2.05) is 36.4 Å². The number of nitrogens with one attached hydrogen (secondary N) is 2. The largest absolute Gasteiger partial charge is 0.417 e. The minimum Gasteiger partial charge on any atom is -0.408 e. The number of aromatic nitrogens is 1. The first kappa shape index (κ1) is 11.4. The van der Waals surface area contributed by atoms with Gasteiger partial charge in [0.2, 0.25) is 0 Å². The van der Waals surface area contributed by atoms with Crippen LogP contribution < -0.4 is 16.8 Å². The van der Waals surface area contributed by atoms with Crippen LogP contribution in [0.25, 0.3) is 11.1 Å². The SMILES string of the molecule is Nc1ccc(CNc2ccc3[nH]c(=O)oc3c2)cc1. The Morgan fingerprint density at radius 1 is 1.16 bits per heavy atom. The van der Waals surface area contributed by atoms with Crippen molar-refractivity contribution in [2.24, 2.45) is 0 Å². The summed E-state index contributed by atoms with van der Waals surface area (Å²) in [6.07, 6.45) is 0. The summed E-state index contributed by atoms with van der Waals surface area (Å²) >= 11 is 0. The minimum atomic E-state index is -0.439. The molecule has 0 saturated heterocycles. The number of H-pyrrole nitrogens is 1. The number of nitrogens with two attached hydrogens (primary N) is 1. The summed E-state index contributed by atoms with van der Waals surface area (Å²) in [5.41, 5.74) is 9.65. The highest BCUT2D eigenvalue weighted by atomic mass is 16.4. The van der Waals surface area contributed by atoms with Gasteiger partial charge in [0.1, 0.15) is 0 Å². The molecule has 3 rings (SSSR count). The fourth-order valence-corrected chi connectivity index (χ4v) is 1.89. The Morgan fingerprint density at radius 2 is 1.95 bits per heavy atom. The van der Waals surface area contributed by atoms with Crippen LogP contribution in [-0.4, -0.2) is 4.98 Å². The maximum absolute atomic E-state index is 11.1. The smallest absolute Gasteiger partial charge is 0.408 e. The van der Waals surface area contributed by atoms with Gasteiger partial charge >= 0.3 is 5.76 Å². The maximum Gasteiger partial charge on any atom is 0.417 e. The van der Waals surface area contributed by atoms with E-state index in [0.717, 1.165) is 16.9 Å². The van der Waals surface area contributed by atoms with Crippen molar-refractivity contribution in [3.05, 3.63) is 58.6 Å². The van der Waals surface area contributed by atoms with Gasteiger partial charge in [0.15, 0.2) is 5.58 Å². The van der Waals surface area contributed by atoms with Gasteiger partial charge in [-0.1, -0.05) is 12.1 Å². The summed E-state index contributed by atoms with van der Waals surface area (Å²) in [7, 11) is 0.